The fraction of sp³-hybridized carbons (Fsp3) is 0.286. The molecular weight excluding hydrogens is 458 g/mol. The van der Waals surface area contributed by atoms with Crippen molar-refractivity contribution in [1.29, 1.82) is 5.26 Å². The highest BCUT2D eigenvalue weighted by molar-refractivity contribution is 8.15. The zero-order valence-corrected chi connectivity index (χ0v) is 17.8. The molecule has 1 saturated carbocycles. The van der Waals surface area contributed by atoms with E-state index in [2.05, 4.69) is 25.3 Å². The van der Waals surface area contributed by atoms with Gasteiger partial charge in [-0.05, 0) is 25.5 Å². The Morgan fingerprint density at radius 3 is 2.76 bits per heavy atom. The molecule has 0 spiro atoms. The van der Waals surface area contributed by atoms with Crippen LogP contribution < -0.4 is 11.1 Å². The highest BCUT2D eigenvalue weighted by atomic mass is 32.2. The van der Waals surface area contributed by atoms with Gasteiger partial charge in [0.25, 0.3) is 6.43 Å². The van der Waals surface area contributed by atoms with Gasteiger partial charge in [-0.2, -0.15) is 5.26 Å². The van der Waals surface area contributed by atoms with Crippen LogP contribution in [0.3, 0.4) is 0 Å². The standard InChI is InChI=1S/C21H15F4N7S/c1-20(14-5-21(14,18(24)25)33-19(27)32-20)11-3-10(4-12(22)15(11)23)31-17-16-13(29-8-30-17)2-9(6-26)7-28-16/h2-4,7-8,14,18H,5H2,1H3,(H2,27,32)(H,29,30,31)/t14-,20-,21-/m0/s1. The van der Waals surface area contributed by atoms with Gasteiger partial charge in [-0.1, -0.05) is 11.8 Å². The third kappa shape index (κ3) is 3.26. The van der Waals surface area contributed by atoms with E-state index in [-0.39, 0.29) is 28.7 Å². The number of thioether (sulfide) groups is 1. The predicted octanol–water partition coefficient (Wildman–Crippen LogP) is 4.22. The van der Waals surface area contributed by atoms with Gasteiger partial charge in [-0.3, -0.25) is 4.99 Å². The Labute approximate surface area is 189 Å². The van der Waals surface area contributed by atoms with Crippen molar-refractivity contribution in [2.75, 3.05) is 5.32 Å². The number of hydrogen-bond acceptors (Lipinski definition) is 8. The molecule has 1 aromatic carbocycles. The Bertz CT molecular complexity index is 1370. The number of nitrogens with one attached hydrogen (secondary N) is 1. The van der Waals surface area contributed by atoms with Crippen LogP contribution in [0.5, 0.6) is 0 Å². The van der Waals surface area contributed by atoms with E-state index in [1.165, 1.54) is 31.6 Å². The van der Waals surface area contributed by atoms with Crippen LogP contribution in [0.1, 0.15) is 24.5 Å². The number of halogens is 4. The Balaban J connectivity index is 1.58. The van der Waals surface area contributed by atoms with E-state index < -0.39 is 34.3 Å². The zero-order valence-electron chi connectivity index (χ0n) is 17.0. The molecule has 0 unspecified atom stereocenters. The zero-order chi connectivity index (χ0) is 23.5. The van der Waals surface area contributed by atoms with E-state index in [1.54, 1.807) is 0 Å². The molecular formula is C21H15F4N7S. The number of rotatable bonds is 4. The van der Waals surface area contributed by atoms with Crippen molar-refractivity contribution in [2.45, 2.75) is 30.1 Å². The van der Waals surface area contributed by atoms with Gasteiger partial charge in [0.05, 0.1) is 21.4 Å². The number of nitrogens with two attached hydrogens (primary N) is 1. The molecule has 12 heteroatoms. The molecule has 0 amide bonds. The second kappa shape index (κ2) is 7.28. The van der Waals surface area contributed by atoms with Crippen molar-refractivity contribution in [2.24, 2.45) is 16.6 Å². The smallest absolute Gasteiger partial charge is 0.253 e. The molecule has 0 radical (unpaired) electrons. The van der Waals surface area contributed by atoms with Crippen molar-refractivity contribution in [1.82, 2.24) is 15.0 Å². The van der Waals surface area contributed by atoms with Gasteiger partial charge in [-0.15, -0.1) is 0 Å². The Morgan fingerprint density at radius 1 is 1.24 bits per heavy atom. The molecule has 0 bridgehead atoms. The molecule has 2 aromatic heterocycles. The van der Waals surface area contributed by atoms with E-state index in [9.17, 15) is 17.6 Å². The Kier molecular flexibility index (Phi) is 4.72. The van der Waals surface area contributed by atoms with E-state index in [0.29, 0.717) is 16.6 Å². The first-order valence-electron chi connectivity index (χ1n) is 9.78. The third-order valence-electron chi connectivity index (χ3n) is 6.08. The number of hydrogen-bond donors (Lipinski definition) is 2. The molecule has 3 heterocycles. The second-order valence-electron chi connectivity index (χ2n) is 8.08. The van der Waals surface area contributed by atoms with Gasteiger partial charge in [0, 0.05) is 29.4 Å². The topological polar surface area (TPSA) is 113 Å². The van der Waals surface area contributed by atoms with Crippen molar-refractivity contribution in [3.05, 3.63) is 53.5 Å². The summed E-state index contributed by atoms with van der Waals surface area (Å²) < 4.78 is 55.7. The number of fused-ring (bicyclic) bond motifs is 2. The van der Waals surface area contributed by atoms with Crippen LogP contribution in [0, 0.1) is 28.9 Å². The number of amidine groups is 1. The number of nitrogens with zero attached hydrogens (tertiary/aromatic N) is 5. The second-order valence-corrected chi connectivity index (χ2v) is 9.46. The molecule has 5 rings (SSSR count). The van der Waals surface area contributed by atoms with E-state index in [1.807, 2.05) is 6.07 Å². The minimum Gasteiger partial charge on any atom is -0.378 e. The molecule has 1 aliphatic carbocycles. The predicted molar refractivity (Wildman–Crippen MR) is 115 cm³/mol. The quantitative estimate of drug-likeness (QED) is 0.546. The van der Waals surface area contributed by atoms with Crippen LogP contribution in [0.25, 0.3) is 11.0 Å². The number of anilines is 2. The monoisotopic (exact) mass is 473 g/mol. The number of alkyl halides is 2. The molecule has 33 heavy (non-hydrogen) atoms. The normalized spacial score (nSPS) is 26.0. The maximum atomic E-state index is 15.0. The first kappa shape index (κ1) is 21.4. The van der Waals surface area contributed by atoms with Crippen molar-refractivity contribution in [3.63, 3.8) is 0 Å². The minimum atomic E-state index is -2.69. The van der Waals surface area contributed by atoms with Crippen molar-refractivity contribution in [3.8, 4) is 6.07 Å². The summed E-state index contributed by atoms with van der Waals surface area (Å²) in [4.78, 5) is 16.6. The molecule has 1 fully saturated rings. The van der Waals surface area contributed by atoms with E-state index >= 15 is 0 Å². The summed E-state index contributed by atoms with van der Waals surface area (Å²) in [6.07, 6.45) is -0.0359. The van der Waals surface area contributed by atoms with Gasteiger partial charge in [-0.25, -0.2) is 32.5 Å². The van der Waals surface area contributed by atoms with Gasteiger partial charge in [0.15, 0.2) is 22.6 Å². The number of pyridine rings is 1. The molecule has 3 N–H and O–H groups in total. The summed E-state index contributed by atoms with van der Waals surface area (Å²) in [5, 5.41) is 11.8. The van der Waals surface area contributed by atoms with Crippen LogP contribution in [0.15, 0.2) is 35.7 Å². The first-order valence-corrected chi connectivity index (χ1v) is 10.6. The van der Waals surface area contributed by atoms with Crippen molar-refractivity contribution >= 4 is 39.5 Å². The lowest BCUT2D eigenvalue weighted by atomic mass is 9.85. The number of aromatic nitrogens is 3. The summed E-state index contributed by atoms with van der Waals surface area (Å²) in [5.74, 6) is -2.87. The molecule has 1 aliphatic heterocycles. The van der Waals surface area contributed by atoms with Crippen molar-refractivity contribution < 1.29 is 17.6 Å². The molecule has 3 aromatic rings. The minimum absolute atomic E-state index is 0.0798. The molecule has 168 valence electrons. The lowest BCUT2D eigenvalue weighted by molar-refractivity contribution is 0.123. The van der Waals surface area contributed by atoms with Crippen LogP contribution in [-0.4, -0.2) is 31.3 Å². The van der Waals surface area contributed by atoms with E-state index in [4.69, 9.17) is 11.0 Å². The van der Waals surface area contributed by atoms with Gasteiger partial charge in [0.1, 0.15) is 17.9 Å². The Hall–Kier alpha value is -3.46. The van der Waals surface area contributed by atoms with Crippen LogP contribution >= 0.6 is 11.8 Å². The molecule has 7 nitrogen and oxygen atoms in total. The summed E-state index contributed by atoms with van der Waals surface area (Å²) in [5.41, 5.74) is 5.27. The molecule has 0 saturated heterocycles. The maximum Gasteiger partial charge on any atom is 0.253 e. The maximum absolute atomic E-state index is 15.0. The number of aliphatic imine (C=N–C) groups is 1. The average molecular weight is 473 g/mol. The Morgan fingerprint density at radius 2 is 2.03 bits per heavy atom. The number of nitriles is 1. The largest absolute Gasteiger partial charge is 0.378 e. The van der Waals surface area contributed by atoms with Crippen LogP contribution in [-0.2, 0) is 5.54 Å². The van der Waals surface area contributed by atoms with E-state index in [0.717, 1.165) is 17.8 Å². The third-order valence-corrected chi connectivity index (χ3v) is 7.39. The highest BCUT2D eigenvalue weighted by Crippen LogP contribution is 2.68. The van der Waals surface area contributed by atoms with Crippen LogP contribution in [0.4, 0.5) is 29.1 Å². The summed E-state index contributed by atoms with van der Waals surface area (Å²) in [6, 6.07) is 5.72. The first-order chi connectivity index (χ1) is 15.7. The van der Waals surface area contributed by atoms with Gasteiger partial charge in [0.2, 0.25) is 0 Å². The summed E-state index contributed by atoms with van der Waals surface area (Å²) >= 11 is 0.787. The van der Waals surface area contributed by atoms with Gasteiger partial charge < -0.3 is 11.1 Å². The molecule has 2 aliphatic rings. The SMILES string of the molecule is C[C@@]1(c2cc(Nc3ncnc4cc(C#N)cnc34)cc(F)c2F)N=C(N)S[C@@]2(C(F)F)C[C@@H]12. The molecule has 3 atom stereocenters. The fourth-order valence-corrected chi connectivity index (χ4v) is 5.70. The highest BCUT2D eigenvalue weighted by Gasteiger charge is 2.71. The lowest BCUT2D eigenvalue weighted by Gasteiger charge is -2.34. The fourth-order valence-electron chi connectivity index (χ4n) is 4.37. The number of benzene rings is 1. The summed E-state index contributed by atoms with van der Waals surface area (Å²) in [7, 11) is 0. The average Bonchev–Trinajstić information content (AvgIpc) is 3.53. The lowest BCUT2D eigenvalue weighted by Crippen LogP contribution is -2.39. The van der Waals surface area contributed by atoms with Crippen LogP contribution in [0.2, 0.25) is 0 Å². The van der Waals surface area contributed by atoms with Gasteiger partial charge >= 0.3 is 0 Å². The summed E-state index contributed by atoms with van der Waals surface area (Å²) in [6.45, 7) is 1.49.